The molecule has 0 spiro atoms. The maximum Gasteiger partial charge on any atom is 0.329 e. The van der Waals surface area contributed by atoms with Crippen molar-refractivity contribution in [1.29, 1.82) is 0 Å². The highest BCUT2D eigenvalue weighted by molar-refractivity contribution is 5.98. The molecule has 1 aromatic carbocycles. The van der Waals surface area contributed by atoms with E-state index in [-0.39, 0.29) is 11.9 Å². The van der Waals surface area contributed by atoms with Crippen molar-refractivity contribution < 1.29 is 14.3 Å². The van der Waals surface area contributed by atoms with Gasteiger partial charge in [0.15, 0.2) is 0 Å². The molecule has 0 bridgehead atoms. The summed E-state index contributed by atoms with van der Waals surface area (Å²) in [6.07, 6.45) is 2.26. The number of carbonyl (C=O) groups is 2. The van der Waals surface area contributed by atoms with E-state index < -0.39 is 6.04 Å². The standard InChI is InChI=1S/C15H17NO3/c1-10-4-6-12(7-5-10)14(17)16-9-11(2)8-13(16)15(18)19-3/h4-7,9,13H,8H2,1-3H3/t13-/m0/s1. The monoisotopic (exact) mass is 259 g/mol. The Morgan fingerprint density at radius 3 is 2.42 bits per heavy atom. The molecule has 1 aliphatic heterocycles. The molecule has 100 valence electrons. The molecule has 0 unspecified atom stereocenters. The first-order chi connectivity index (χ1) is 9.02. The van der Waals surface area contributed by atoms with Crippen molar-refractivity contribution in [2.45, 2.75) is 26.3 Å². The normalized spacial score (nSPS) is 18.2. The van der Waals surface area contributed by atoms with E-state index in [0.717, 1.165) is 11.1 Å². The molecule has 19 heavy (non-hydrogen) atoms. The summed E-state index contributed by atoms with van der Waals surface area (Å²) < 4.78 is 4.75. The van der Waals surface area contributed by atoms with Crippen molar-refractivity contribution in [3.63, 3.8) is 0 Å². The van der Waals surface area contributed by atoms with Gasteiger partial charge in [-0.15, -0.1) is 0 Å². The highest BCUT2D eigenvalue weighted by Gasteiger charge is 2.34. The van der Waals surface area contributed by atoms with E-state index >= 15 is 0 Å². The van der Waals surface area contributed by atoms with E-state index in [0.29, 0.717) is 12.0 Å². The SMILES string of the molecule is COC(=O)[C@@H]1CC(C)=CN1C(=O)c1ccc(C)cc1. The van der Waals surface area contributed by atoms with Crippen LogP contribution in [0.1, 0.15) is 29.3 Å². The summed E-state index contributed by atoms with van der Waals surface area (Å²) in [6, 6.07) is 6.76. The molecule has 2 rings (SSSR count). The molecule has 1 aliphatic rings. The van der Waals surface area contributed by atoms with Crippen LogP contribution in [0.15, 0.2) is 36.0 Å². The minimum absolute atomic E-state index is 0.174. The molecule has 0 radical (unpaired) electrons. The molecule has 4 heteroatoms. The third-order valence-electron chi connectivity index (χ3n) is 3.22. The van der Waals surface area contributed by atoms with Crippen molar-refractivity contribution >= 4 is 11.9 Å². The van der Waals surface area contributed by atoms with Gasteiger partial charge in [0.05, 0.1) is 7.11 Å². The second kappa shape index (κ2) is 5.26. The van der Waals surface area contributed by atoms with Crippen molar-refractivity contribution in [2.75, 3.05) is 7.11 Å². The average molecular weight is 259 g/mol. The largest absolute Gasteiger partial charge is 0.467 e. The Morgan fingerprint density at radius 1 is 1.21 bits per heavy atom. The topological polar surface area (TPSA) is 46.6 Å². The van der Waals surface area contributed by atoms with Gasteiger partial charge in [-0.3, -0.25) is 4.79 Å². The molecule has 0 fully saturated rings. The molecule has 0 aliphatic carbocycles. The molecule has 1 atom stereocenters. The molecule has 0 saturated carbocycles. The summed E-state index contributed by atoms with van der Waals surface area (Å²) in [4.78, 5) is 25.6. The van der Waals surface area contributed by atoms with Crippen LogP contribution in [0.5, 0.6) is 0 Å². The summed E-state index contributed by atoms with van der Waals surface area (Å²) in [7, 11) is 1.34. The van der Waals surface area contributed by atoms with Crippen LogP contribution < -0.4 is 0 Å². The molecular formula is C15H17NO3. The Kier molecular flexibility index (Phi) is 3.69. The lowest BCUT2D eigenvalue weighted by Crippen LogP contribution is -2.39. The van der Waals surface area contributed by atoms with Gasteiger partial charge < -0.3 is 9.64 Å². The second-order valence-electron chi connectivity index (χ2n) is 4.80. The molecule has 1 heterocycles. The number of aryl methyl sites for hydroxylation is 1. The van der Waals surface area contributed by atoms with Crippen molar-refractivity contribution in [3.05, 3.63) is 47.2 Å². The summed E-state index contributed by atoms with van der Waals surface area (Å²) in [5, 5.41) is 0. The van der Waals surface area contributed by atoms with Crippen molar-refractivity contribution in [1.82, 2.24) is 4.90 Å². The molecule has 1 amide bonds. The lowest BCUT2D eigenvalue weighted by atomic mass is 10.1. The fourth-order valence-electron chi connectivity index (χ4n) is 2.16. The number of rotatable bonds is 2. The minimum Gasteiger partial charge on any atom is -0.467 e. The second-order valence-corrected chi connectivity index (χ2v) is 4.80. The number of carbonyl (C=O) groups excluding carboxylic acids is 2. The first-order valence-electron chi connectivity index (χ1n) is 6.17. The lowest BCUT2D eigenvalue weighted by Gasteiger charge is -2.21. The van der Waals surface area contributed by atoms with Gasteiger partial charge in [-0.25, -0.2) is 4.79 Å². The summed E-state index contributed by atoms with van der Waals surface area (Å²) in [5.74, 6) is -0.555. The third-order valence-corrected chi connectivity index (χ3v) is 3.22. The number of methoxy groups -OCH3 is 1. The van der Waals surface area contributed by atoms with Crippen molar-refractivity contribution in [2.24, 2.45) is 0 Å². The van der Waals surface area contributed by atoms with Gasteiger partial charge >= 0.3 is 5.97 Å². The zero-order valence-electron chi connectivity index (χ0n) is 11.3. The number of amides is 1. The van der Waals surface area contributed by atoms with Crippen LogP contribution in [0.3, 0.4) is 0 Å². The van der Waals surface area contributed by atoms with Crippen LogP contribution in [0.25, 0.3) is 0 Å². The van der Waals surface area contributed by atoms with Gasteiger partial charge in [0.2, 0.25) is 0 Å². The van der Waals surface area contributed by atoms with E-state index in [2.05, 4.69) is 0 Å². The zero-order valence-corrected chi connectivity index (χ0v) is 11.3. The minimum atomic E-state index is -0.543. The number of hydrogen-bond donors (Lipinski definition) is 0. The van der Waals surface area contributed by atoms with Gasteiger partial charge in [0, 0.05) is 18.2 Å². The Balaban J connectivity index is 2.26. The van der Waals surface area contributed by atoms with Crippen LogP contribution >= 0.6 is 0 Å². The van der Waals surface area contributed by atoms with E-state index in [1.807, 2.05) is 26.0 Å². The van der Waals surface area contributed by atoms with Gasteiger partial charge in [0.25, 0.3) is 5.91 Å². The Hall–Kier alpha value is -2.10. The summed E-state index contributed by atoms with van der Waals surface area (Å²) in [6.45, 7) is 3.86. The number of ether oxygens (including phenoxy) is 1. The molecule has 1 aromatic rings. The Morgan fingerprint density at radius 2 is 1.84 bits per heavy atom. The van der Waals surface area contributed by atoms with E-state index in [9.17, 15) is 9.59 Å². The quantitative estimate of drug-likeness (QED) is 0.765. The van der Waals surface area contributed by atoms with Crippen LogP contribution in [0.4, 0.5) is 0 Å². The van der Waals surface area contributed by atoms with E-state index in [1.165, 1.54) is 12.0 Å². The number of benzene rings is 1. The maximum absolute atomic E-state index is 12.4. The fraction of sp³-hybridized carbons (Fsp3) is 0.333. The van der Waals surface area contributed by atoms with E-state index in [1.54, 1.807) is 18.3 Å². The third kappa shape index (κ3) is 2.67. The smallest absolute Gasteiger partial charge is 0.329 e. The van der Waals surface area contributed by atoms with E-state index in [4.69, 9.17) is 4.74 Å². The maximum atomic E-state index is 12.4. The molecule has 0 aromatic heterocycles. The van der Waals surface area contributed by atoms with Crippen LogP contribution in [0.2, 0.25) is 0 Å². The first-order valence-corrected chi connectivity index (χ1v) is 6.17. The predicted octanol–water partition coefficient (Wildman–Crippen LogP) is 2.29. The van der Waals surface area contributed by atoms with Gasteiger partial charge in [0.1, 0.15) is 6.04 Å². The number of hydrogen-bond acceptors (Lipinski definition) is 3. The first kappa shape index (κ1) is 13.3. The molecule has 0 saturated heterocycles. The Labute approximate surface area is 112 Å². The van der Waals surface area contributed by atoms with Crippen LogP contribution in [-0.2, 0) is 9.53 Å². The van der Waals surface area contributed by atoms with Crippen LogP contribution in [-0.4, -0.2) is 29.9 Å². The fourth-order valence-corrected chi connectivity index (χ4v) is 2.16. The zero-order chi connectivity index (χ0) is 14.0. The molecule has 4 nitrogen and oxygen atoms in total. The average Bonchev–Trinajstić information content (AvgIpc) is 2.80. The molecular weight excluding hydrogens is 242 g/mol. The van der Waals surface area contributed by atoms with Gasteiger partial charge in [-0.2, -0.15) is 0 Å². The summed E-state index contributed by atoms with van der Waals surface area (Å²) in [5.41, 5.74) is 2.66. The highest BCUT2D eigenvalue weighted by Crippen LogP contribution is 2.24. The number of nitrogens with zero attached hydrogens (tertiary/aromatic N) is 1. The summed E-state index contributed by atoms with van der Waals surface area (Å²) >= 11 is 0. The number of esters is 1. The Bertz CT molecular complexity index is 531. The van der Waals surface area contributed by atoms with Crippen LogP contribution in [0, 0.1) is 6.92 Å². The van der Waals surface area contributed by atoms with Gasteiger partial charge in [-0.05, 0) is 26.0 Å². The van der Waals surface area contributed by atoms with Gasteiger partial charge in [-0.1, -0.05) is 23.3 Å². The molecule has 0 N–H and O–H groups in total. The highest BCUT2D eigenvalue weighted by atomic mass is 16.5. The van der Waals surface area contributed by atoms with Crippen molar-refractivity contribution in [3.8, 4) is 0 Å². The predicted molar refractivity (Wildman–Crippen MR) is 71.5 cm³/mol. The lowest BCUT2D eigenvalue weighted by molar-refractivity contribution is -0.144.